The summed E-state index contributed by atoms with van der Waals surface area (Å²) in [5.41, 5.74) is 1.47. The monoisotopic (exact) mass is 878 g/mol. The van der Waals surface area contributed by atoms with Crippen LogP contribution in [0.25, 0.3) is 0 Å². The van der Waals surface area contributed by atoms with Gasteiger partial charge >= 0.3 is 65.6 Å². The summed E-state index contributed by atoms with van der Waals surface area (Å²) in [6, 6.07) is 10.6. The molecule has 0 amide bonds. The van der Waals surface area contributed by atoms with Crippen LogP contribution in [0.15, 0.2) is 30.3 Å². The Kier molecular flexibility index (Phi) is 20.9. The van der Waals surface area contributed by atoms with Gasteiger partial charge in [0.2, 0.25) is 0 Å². The molecule has 0 N–H and O–H groups in total. The van der Waals surface area contributed by atoms with E-state index in [-0.39, 0.29) is 72.9 Å². The molecule has 198 valence electrons. The van der Waals surface area contributed by atoms with Crippen molar-refractivity contribution >= 4 is 144 Å². The van der Waals surface area contributed by atoms with Gasteiger partial charge in [-0.15, -0.1) is 0 Å². The van der Waals surface area contributed by atoms with E-state index in [1.54, 1.807) is 0 Å². The second-order valence-electron chi connectivity index (χ2n) is 15.9. The van der Waals surface area contributed by atoms with Crippen LogP contribution in [0, 0.1) is 0 Å². The molecule has 0 saturated carbocycles. The fraction of sp³-hybridized carbons (Fsp3) is 0.760. The Labute approximate surface area is 296 Å². The van der Waals surface area contributed by atoms with E-state index in [2.05, 4.69) is 148 Å². The molecule has 10 heteroatoms. The van der Waals surface area contributed by atoms with Crippen LogP contribution in [0.1, 0.15) is 5.56 Å². The first-order chi connectivity index (χ1) is 14.7. The van der Waals surface area contributed by atoms with E-state index in [0.717, 1.165) is 0 Å². The molecule has 0 atom stereocenters. The Balaban J connectivity index is -0.000000444. The quantitative estimate of drug-likeness (QED) is 0.242. The molecule has 0 unspecified atom stereocenters. The number of hydrogen-bond donors (Lipinski definition) is 0. The Hall–Kier alpha value is 3.68. The van der Waals surface area contributed by atoms with E-state index in [1.807, 2.05) is 0 Å². The average molecular weight is 879 g/mol. The van der Waals surface area contributed by atoms with E-state index in [1.165, 1.54) is 35.3 Å². The van der Waals surface area contributed by atoms with Crippen molar-refractivity contribution in [3.63, 3.8) is 0 Å². The van der Waals surface area contributed by atoms with Crippen LogP contribution in [0.3, 0.4) is 0 Å². The minimum atomic E-state index is -0.832. The molecule has 1 aromatic carbocycles. The van der Waals surface area contributed by atoms with Crippen LogP contribution < -0.4 is 0 Å². The zero-order valence-corrected chi connectivity index (χ0v) is 44.4. The number of rotatable bonds is 7. The van der Waals surface area contributed by atoms with E-state index in [9.17, 15) is 0 Å². The summed E-state index contributed by atoms with van der Waals surface area (Å²) in [6.07, 6.45) is 0. The fourth-order valence-electron chi connectivity index (χ4n) is 7.35. The molecule has 0 fully saturated rings. The third-order valence-electron chi connectivity index (χ3n) is 5.55. The van der Waals surface area contributed by atoms with Crippen molar-refractivity contribution in [2.75, 3.05) is 0 Å². The fourth-order valence-corrected chi connectivity index (χ4v) is 184. The molecule has 0 saturated heterocycles. The average Bonchev–Trinajstić information content (AvgIpc) is 2.47. The van der Waals surface area contributed by atoms with E-state index < -0.39 is 45.5 Å². The Bertz CT molecular complexity index is 580. The van der Waals surface area contributed by atoms with Crippen LogP contribution in [0.2, 0.25) is 118 Å². The summed E-state index contributed by atoms with van der Waals surface area (Å²) in [5.74, 6) is 0. The largest absolute Gasteiger partial charge is 0 e. The first kappa shape index (κ1) is 43.1. The molecule has 0 bridgehead atoms. The summed E-state index contributed by atoms with van der Waals surface area (Å²) in [6.45, 7) is 47.0. The van der Waals surface area contributed by atoms with Crippen molar-refractivity contribution in [3.8, 4) is 0 Å². The topological polar surface area (TPSA) is 0 Å². The molecule has 0 aliphatic rings. The Morgan fingerprint density at radius 2 is 0.657 bits per heavy atom. The minimum Gasteiger partial charge on any atom is 0 e. The summed E-state index contributed by atoms with van der Waals surface area (Å²) < 4.78 is 1.28. The smallest absolute Gasteiger partial charge is 0 e. The van der Waals surface area contributed by atoms with Gasteiger partial charge in [-0.05, 0) is 0 Å². The second-order valence-corrected chi connectivity index (χ2v) is 90.8. The van der Waals surface area contributed by atoms with E-state index in [0.29, 0.717) is 0 Å². The Morgan fingerprint density at radius 1 is 0.457 bits per heavy atom. The second kappa shape index (κ2) is 17.0. The van der Waals surface area contributed by atoms with Crippen molar-refractivity contribution in [2.24, 2.45) is 0 Å². The minimum absolute atomic E-state index is 0. The van der Waals surface area contributed by atoms with Crippen LogP contribution in [0.5, 0.6) is 0 Å². The maximum atomic E-state index is 2.61. The third kappa shape index (κ3) is 19.4. The maximum Gasteiger partial charge on any atom is 0 e. The van der Waals surface area contributed by atoms with Crippen LogP contribution in [-0.2, 0) is 3.98 Å². The number of benzene rings is 1. The van der Waals surface area contributed by atoms with Crippen LogP contribution in [0.4, 0.5) is 0 Å². The molecule has 6 radical (unpaired) electrons. The zero-order chi connectivity index (χ0) is 28.0. The predicted molar refractivity (Wildman–Crippen MR) is 193 cm³/mol. The van der Waals surface area contributed by atoms with Crippen molar-refractivity contribution < 1.29 is 0 Å². The van der Waals surface area contributed by atoms with Gasteiger partial charge in [-0.3, -0.25) is 0 Å². The van der Waals surface area contributed by atoms with Gasteiger partial charge in [0.05, 0.1) is 0 Å². The van der Waals surface area contributed by atoms with Gasteiger partial charge in [0, 0.05) is 118 Å². The Morgan fingerprint density at radius 3 is 0.743 bits per heavy atom. The van der Waals surface area contributed by atoms with Crippen molar-refractivity contribution in [2.45, 2.75) is 122 Å². The van der Waals surface area contributed by atoms with Crippen molar-refractivity contribution in [1.29, 1.82) is 0 Å². The van der Waals surface area contributed by atoms with Crippen molar-refractivity contribution in [1.82, 2.24) is 0 Å². The zero-order valence-electron chi connectivity index (χ0n) is 27.6. The molecule has 0 aromatic heterocycles. The molecule has 0 heterocycles. The normalized spacial score (nSPS) is 13.4. The van der Waals surface area contributed by atoms with Gasteiger partial charge in [0.25, 0.3) is 0 Å². The van der Waals surface area contributed by atoms with Gasteiger partial charge in [0.15, 0.2) is 0 Å². The first-order valence-electron chi connectivity index (χ1n) is 13.1. The summed E-state index contributed by atoms with van der Waals surface area (Å²) in [7, 11) is -4.94. The molecule has 0 nitrogen and oxygen atoms in total. The van der Waals surface area contributed by atoms with E-state index >= 15 is 0 Å². The first-order valence-corrected chi connectivity index (χ1v) is 45.9. The molecule has 0 aliphatic carbocycles. The van der Waals surface area contributed by atoms with Gasteiger partial charge in [0.1, 0.15) is 0 Å². The molecule has 1 aromatic rings. The van der Waals surface area contributed by atoms with Gasteiger partial charge in [-0.1, -0.05) is 118 Å². The van der Waals surface area contributed by atoms with E-state index in [4.69, 9.17) is 0 Å². The third-order valence-corrected chi connectivity index (χ3v) is 124. The molecular weight excluding hydrogens is 818 g/mol. The molecule has 0 spiro atoms. The van der Waals surface area contributed by atoms with Gasteiger partial charge in [-0.25, -0.2) is 0 Å². The maximum absolute atomic E-state index is 2.61. The van der Waals surface area contributed by atoms with Gasteiger partial charge < -0.3 is 0 Å². The summed E-state index contributed by atoms with van der Waals surface area (Å²) in [5, 5.41) is 0. The van der Waals surface area contributed by atoms with Crippen LogP contribution >= 0.6 is 0 Å². The van der Waals surface area contributed by atoms with Crippen LogP contribution in [-0.4, -0.2) is 144 Å². The number of hydrogen-bond acceptors (Lipinski definition) is 0. The molecular formula is C25H61PbRbSi8. The summed E-state index contributed by atoms with van der Waals surface area (Å²) in [4.78, 5) is 0. The molecule has 1 rings (SSSR count). The predicted octanol–water partition coefficient (Wildman–Crippen LogP) is 8.44. The molecule has 35 heavy (non-hydrogen) atoms. The standard InChI is InChI=1S/2C9H27Si4.C7H7.Pb.Rb/c2*1-11(2,3)10(12(4,5)6)13(7,8)9;1-7-5-3-2-4-6-7;;/h2*1-9H3;2-6H,1H2;;. The summed E-state index contributed by atoms with van der Waals surface area (Å²) >= 11 is 1.28. The molecule has 0 aliphatic heterocycles. The van der Waals surface area contributed by atoms with Gasteiger partial charge in [-0.2, -0.15) is 0 Å². The van der Waals surface area contributed by atoms with Crippen molar-refractivity contribution in [3.05, 3.63) is 35.9 Å². The SMILES string of the molecule is C[Si](C)(C)[Si]([Si](C)(C)C)[Si](C)(C)C.C[Si](C)(C)[Si]([Si](C)(C)C)[Si](C)(C)C.[Pb][CH2]c1ccccc1.[Rb].